The van der Waals surface area contributed by atoms with Gasteiger partial charge >= 0.3 is 0 Å². The van der Waals surface area contributed by atoms with E-state index in [0.717, 1.165) is 46.2 Å². The third-order valence-corrected chi connectivity index (χ3v) is 6.19. The lowest BCUT2D eigenvalue weighted by molar-refractivity contribution is 0.103. The first-order chi connectivity index (χ1) is 14.6. The lowest BCUT2D eigenvalue weighted by atomic mass is 10.1. The summed E-state index contributed by atoms with van der Waals surface area (Å²) in [6, 6.07) is 9.64. The van der Waals surface area contributed by atoms with Gasteiger partial charge in [-0.2, -0.15) is 16.4 Å². The van der Waals surface area contributed by atoms with E-state index in [4.69, 9.17) is 9.47 Å². The van der Waals surface area contributed by atoms with E-state index in [-0.39, 0.29) is 5.91 Å². The second-order valence-corrected chi connectivity index (χ2v) is 8.31. The minimum atomic E-state index is -0.218. The van der Waals surface area contributed by atoms with E-state index in [1.165, 1.54) is 11.3 Å². The van der Waals surface area contributed by atoms with Gasteiger partial charge in [-0.1, -0.05) is 0 Å². The number of carbonyl (C=O) groups is 1. The predicted molar refractivity (Wildman–Crippen MR) is 119 cm³/mol. The molecule has 3 aromatic heterocycles. The number of hydrogen-bond acceptors (Lipinski definition) is 7. The first-order valence-corrected chi connectivity index (χ1v) is 11.0. The van der Waals surface area contributed by atoms with E-state index in [1.54, 1.807) is 31.8 Å². The molecule has 30 heavy (non-hydrogen) atoms. The van der Waals surface area contributed by atoms with Crippen LogP contribution in [-0.2, 0) is 12.8 Å². The van der Waals surface area contributed by atoms with Crippen LogP contribution in [0.3, 0.4) is 0 Å². The molecule has 0 atom stereocenters. The molecular weight excluding hydrogens is 420 g/mol. The van der Waals surface area contributed by atoms with Gasteiger partial charge in [0.2, 0.25) is 0 Å². The number of rotatable bonds is 8. The summed E-state index contributed by atoms with van der Waals surface area (Å²) < 4.78 is 10.6. The van der Waals surface area contributed by atoms with E-state index in [1.807, 2.05) is 41.1 Å². The molecule has 0 aliphatic heterocycles. The number of H-pyrrole nitrogens is 1. The van der Waals surface area contributed by atoms with Crippen molar-refractivity contribution in [2.75, 3.05) is 19.5 Å². The second-order valence-electron chi connectivity index (χ2n) is 6.50. The molecule has 1 amide bonds. The highest BCUT2D eigenvalue weighted by molar-refractivity contribution is 7.17. The molecule has 7 nitrogen and oxygen atoms in total. The summed E-state index contributed by atoms with van der Waals surface area (Å²) in [7, 11) is 3.27. The number of carbonyl (C=O) groups excluding carboxylic acids is 1. The van der Waals surface area contributed by atoms with Gasteiger partial charge in [0.1, 0.15) is 21.4 Å². The van der Waals surface area contributed by atoms with Crippen molar-refractivity contribution < 1.29 is 14.3 Å². The van der Waals surface area contributed by atoms with Gasteiger partial charge < -0.3 is 14.8 Å². The number of nitrogens with one attached hydrogen (secondary N) is 2. The molecule has 0 aliphatic carbocycles. The maximum Gasteiger partial charge on any atom is 0.268 e. The van der Waals surface area contributed by atoms with E-state index in [9.17, 15) is 4.79 Å². The van der Waals surface area contributed by atoms with Gasteiger partial charge in [-0.25, -0.2) is 4.98 Å². The molecule has 0 saturated carbocycles. The Balaban J connectivity index is 1.37. The van der Waals surface area contributed by atoms with Crippen LogP contribution < -0.4 is 14.8 Å². The maximum atomic E-state index is 12.5. The van der Waals surface area contributed by atoms with Gasteiger partial charge in [-0.05, 0) is 42.0 Å². The Morgan fingerprint density at radius 3 is 2.63 bits per heavy atom. The smallest absolute Gasteiger partial charge is 0.268 e. The monoisotopic (exact) mass is 440 g/mol. The maximum absolute atomic E-state index is 12.5. The Labute approximate surface area is 181 Å². The first kappa shape index (κ1) is 20.1. The van der Waals surface area contributed by atoms with E-state index >= 15 is 0 Å². The summed E-state index contributed by atoms with van der Waals surface area (Å²) in [5, 5.41) is 14.8. The third kappa shape index (κ3) is 4.69. The van der Waals surface area contributed by atoms with Gasteiger partial charge in [0.05, 0.1) is 20.4 Å². The predicted octanol–water partition coefficient (Wildman–Crippen LogP) is 4.65. The van der Waals surface area contributed by atoms with Crippen LogP contribution in [0.4, 0.5) is 5.82 Å². The lowest BCUT2D eigenvalue weighted by Crippen LogP contribution is -2.10. The molecule has 4 rings (SSSR count). The van der Waals surface area contributed by atoms with Crippen molar-refractivity contribution in [3.8, 4) is 22.1 Å². The number of aryl methyl sites for hydroxylation is 2. The molecule has 0 saturated heterocycles. The zero-order valence-corrected chi connectivity index (χ0v) is 18.1. The molecule has 3 heterocycles. The van der Waals surface area contributed by atoms with Crippen LogP contribution in [0.1, 0.15) is 20.9 Å². The number of thiophene rings is 1. The molecule has 0 bridgehead atoms. The Bertz CT molecular complexity index is 1110. The van der Waals surface area contributed by atoms with Gasteiger partial charge in [0.15, 0.2) is 5.82 Å². The summed E-state index contributed by atoms with van der Waals surface area (Å²) in [6.07, 6.45) is 3.11. The molecule has 154 valence electrons. The number of hydrogen-bond donors (Lipinski definition) is 2. The Kier molecular flexibility index (Phi) is 6.10. The van der Waals surface area contributed by atoms with Crippen molar-refractivity contribution in [1.29, 1.82) is 0 Å². The zero-order valence-electron chi connectivity index (χ0n) is 16.5. The number of ether oxygens (including phenoxy) is 2. The fourth-order valence-electron chi connectivity index (χ4n) is 2.92. The molecular formula is C21H20N4O3S2. The zero-order chi connectivity index (χ0) is 20.9. The SMILES string of the molecule is COc1cc(CCc2cc(NC(=O)c3cnc(-c4ccsc4)s3)n[nH]2)cc(OC)c1. The van der Waals surface area contributed by atoms with Gasteiger partial charge in [-0.3, -0.25) is 9.89 Å². The number of methoxy groups -OCH3 is 2. The van der Waals surface area contributed by atoms with Crippen LogP contribution in [0.5, 0.6) is 11.5 Å². The molecule has 2 N–H and O–H groups in total. The third-order valence-electron chi connectivity index (χ3n) is 4.46. The Morgan fingerprint density at radius 1 is 1.13 bits per heavy atom. The van der Waals surface area contributed by atoms with E-state index in [2.05, 4.69) is 20.5 Å². The number of aromatic amines is 1. The molecule has 0 fully saturated rings. The summed E-state index contributed by atoms with van der Waals surface area (Å²) >= 11 is 2.96. The quantitative estimate of drug-likeness (QED) is 0.416. The van der Waals surface area contributed by atoms with E-state index in [0.29, 0.717) is 10.7 Å². The van der Waals surface area contributed by atoms with Gasteiger partial charge in [-0.15, -0.1) is 11.3 Å². The van der Waals surface area contributed by atoms with Crippen LogP contribution in [0.25, 0.3) is 10.6 Å². The number of aromatic nitrogens is 3. The van der Waals surface area contributed by atoms with Crippen LogP contribution >= 0.6 is 22.7 Å². The minimum absolute atomic E-state index is 0.218. The highest BCUT2D eigenvalue weighted by Crippen LogP contribution is 2.27. The summed E-state index contributed by atoms with van der Waals surface area (Å²) in [5.41, 5.74) is 3.05. The van der Waals surface area contributed by atoms with Crippen LogP contribution in [0.15, 0.2) is 47.3 Å². The van der Waals surface area contributed by atoms with Crippen molar-refractivity contribution in [2.24, 2.45) is 0 Å². The van der Waals surface area contributed by atoms with Crippen molar-refractivity contribution in [3.05, 3.63) is 63.4 Å². The summed E-state index contributed by atoms with van der Waals surface area (Å²) in [5.74, 6) is 1.79. The highest BCUT2D eigenvalue weighted by Gasteiger charge is 2.14. The van der Waals surface area contributed by atoms with Gasteiger partial charge in [0, 0.05) is 28.8 Å². The first-order valence-electron chi connectivity index (χ1n) is 9.20. The topological polar surface area (TPSA) is 89.1 Å². The molecule has 0 unspecified atom stereocenters. The average Bonchev–Trinajstić information content (AvgIpc) is 3.53. The van der Waals surface area contributed by atoms with Crippen molar-refractivity contribution in [2.45, 2.75) is 12.8 Å². The van der Waals surface area contributed by atoms with Gasteiger partial charge in [0.25, 0.3) is 5.91 Å². The van der Waals surface area contributed by atoms with Crippen molar-refractivity contribution >= 4 is 34.4 Å². The van der Waals surface area contributed by atoms with Crippen molar-refractivity contribution in [3.63, 3.8) is 0 Å². The Morgan fingerprint density at radius 2 is 1.93 bits per heavy atom. The molecule has 4 aromatic rings. The number of thiazole rings is 1. The fraction of sp³-hybridized carbons (Fsp3) is 0.190. The molecule has 0 radical (unpaired) electrons. The average molecular weight is 441 g/mol. The van der Waals surface area contributed by atoms with Crippen LogP contribution in [0, 0.1) is 0 Å². The van der Waals surface area contributed by atoms with Crippen molar-refractivity contribution in [1.82, 2.24) is 15.2 Å². The number of nitrogens with zero attached hydrogens (tertiary/aromatic N) is 2. The molecule has 9 heteroatoms. The molecule has 1 aromatic carbocycles. The standard InChI is InChI=1S/C21H20N4O3S2/c1-27-16-7-13(8-17(10-16)28-2)3-4-15-9-19(25-24-15)23-20(26)18-11-22-21(30-18)14-5-6-29-12-14/h5-12H,3-4H2,1-2H3,(H2,23,24,25,26). The second kappa shape index (κ2) is 9.10. The Hall–Kier alpha value is -3.17. The lowest BCUT2D eigenvalue weighted by Gasteiger charge is -2.07. The van der Waals surface area contributed by atoms with E-state index < -0.39 is 0 Å². The summed E-state index contributed by atoms with van der Waals surface area (Å²) in [6.45, 7) is 0. The summed E-state index contributed by atoms with van der Waals surface area (Å²) in [4.78, 5) is 17.4. The highest BCUT2D eigenvalue weighted by atomic mass is 32.1. The normalized spacial score (nSPS) is 10.7. The van der Waals surface area contributed by atoms with Crippen LogP contribution in [-0.4, -0.2) is 35.3 Å². The molecule has 0 spiro atoms. The minimum Gasteiger partial charge on any atom is -0.497 e. The number of amides is 1. The number of benzene rings is 1. The molecule has 0 aliphatic rings. The largest absolute Gasteiger partial charge is 0.497 e. The van der Waals surface area contributed by atoms with Crippen LogP contribution in [0.2, 0.25) is 0 Å². The number of anilines is 1. The fourth-order valence-corrected chi connectivity index (χ4v) is 4.44.